The molecule has 1 aliphatic carbocycles. The lowest BCUT2D eigenvalue weighted by Gasteiger charge is -2.12. The molecule has 0 heterocycles. The second-order valence-electron chi connectivity index (χ2n) is 4.94. The number of benzene rings is 1. The SMILES string of the molecule is O=C(NC1CCC(C(=O)O)C1)c1ccc(Br)c([N+](=O)[O-])c1. The minimum atomic E-state index is -0.856. The van der Waals surface area contributed by atoms with Crippen LogP contribution in [0.15, 0.2) is 22.7 Å². The lowest BCUT2D eigenvalue weighted by molar-refractivity contribution is -0.385. The Morgan fingerprint density at radius 3 is 2.67 bits per heavy atom. The molecule has 1 aromatic rings. The lowest BCUT2D eigenvalue weighted by Crippen LogP contribution is -2.33. The number of nitro groups is 1. The summed E-state index contributed by atoms with van der Waals surface area (Å²) >= 11 is 3.05. The Morgan fingerprint density at radius 2 is 2.10 bits per heavy atom. The molecule has 1 aliphatic rings. The van der Waals surface area contributed by atoms with Crippen molar-refractivity contribution in [1.29, 1.82) is 0 Å². The molecule has 1 aromatic carbocycles. The van der Waals surface area contributed by atoms with Crippen molar-refractivity contribution < 1.29 is 19.6 Å². The van der Waals surface area contributed by atoms with E-state index in [0.29, 0.717) is 23.7 Å². The van der Waals surface area contributed by atoms with Crippen LogP contribution in [0.3, 0.4) is 0 Å². The lowest BCUT2D eigenvalue weighted by atomic mass is 10.1. The predicted octanol–water partition coefficient (Wildman–Crippen LogP) is 2.34. The Hall–Kier alpha value is -1.96. The first-order valence-corrected chi connectivity index (χ1v) is 7.15. The monoisotopic (exact) mass is 356 g/mol. The number of carbonyl (C=O) groups excluding carboxylic acids is 1. The van der Waals surface area contributed by atoms with Gasteiger partial charge in [0.15, 0.2) is 0 Å². The quantitative estimate of drug-likeness (QED) is 0.635. The summed E-state index contributed by atoms with van der Waals surface area (Å²) in [5.41, 5.74) is 0.00107. The maximum Gasteiger partial charge on any atom is 0.306 e. The number of carboxylic acid groups (broad SMARTS) is 1. The normalized spacial score (nSPS) is 21.0. The van der Waals surface area contributed by atoms with Crippen LogP contribution in [0, 0.1) is 16.0 Å². The van der Waals surface area contributed by atoms with Gasteiger partial charge in [-0.05, 0) is 47.3 Å². The standard InChI is InChI=1S/C13H13BrN2O5/c14-10-4-2-7(6-11(10)16(20)21)12(17)15-9-3-1-8(5-9)13(18)19/h2,4,6,8-9H,1,3,5H2,(H,15,17)(H,18,19). The maximum atomic E-state index is 12.1. The van der Waals surface area contributed by atoms with E-state index >= 15 is 0 Å². The molecule has 1 fully saturated rings. The molecule has 0 spiro atoms. The first kappa shape index (κ1) is 15.4. The van der Waals surface area contributed by atoms with Crippen molar-refractivity contribution in [3.63, 3.8) is 0 Å². The van der Waals surface area contributed by atoms with Crippen LogP contribution < -0.4 is 5.32 Å². The van der Waals surface area contributed by atoms with Gasteiger partial charge in [0.05, 0.1) is 15.3 Å². The molecule has 0 bridgehead atoms. The Labute approximate surface area is 128 Å². The molecule has 21 heavy (non-hydrogen) atoms. The van der Waals surface area contributed by atoms with Gasteiger partial charge in [0, 0.05) is 17.7 Å². The number of nitrogens with one attached hydrogen (secondary N) is 1. The molecule has 2 unspecified atom stereocenters. The topological polar surface area (TPSA) is 110 Å². The van der Waals surface area contributed by atoms with Crippen LogP contribution in [0.25, 0.3) is 0 Å². The Bertz CT molecular complexity index is 604. The summed E-state index contributed by atoms with van der Waals surface area (Å²) in [6, 6.07) is 3.92. The van der Waals surface area contributed by atoms with Crippen molar-refractivity contribution >= 4 is 33.5 Å². The van der Waals surface area contributed by atoms with Gasteiger partial charge in [-0.15, -0.1) is 0 Å². The van der Waals surface area contributed by atoms with Crippen LogP contribution in [0.1, 0.15) is 29.6 Å². The first-order chi connectivity index (χ1) is 9.88. The van der Waals surface area contributed by atoms with Crippen molar-refractivity contribution in [3.8, 4) is 0 Å². The van der Waals surface area contributed by atoms with Crippen LogP contribution in [0.4, 0.5) is 5.69 Å². The van der Waals surface area contributed by atoms with Crippen LogP contribution in [-0.4, -0.2) is 27.9 Å². The zero-order valence-corrected chi connectivity index (χ0v) is 12.5. The molecule has 2 rings (SSSR count). The molecule has 0 radical (unpaired) electrons. The second-order valence-corrected chi connectivity index (χ2v) is 5.80. The molecule has 1 amide bonds. The zero-order valence-electron chi connectivity index (χ0n) is 10.9. The minimum absolute atomic E-state index is 0.183. The summed E-state index contributed by atoms with van der Waals surface area (Å²) in [5, 5.41) is 22.5. The summed E-state index contributed by atoms with van der Waals surface area (Å²) < 4.78 is 0.302. The van der Waals surface area contributed by atoms with Crippen LogP contribution in [0.2, 0.25) is 0 Å². The van der Waals surface area contributed by atoms with E-state index in [1.54, 1.807) is 0 Å². The van der Waals surface area contributed by atoms with E-state index in [0.717, 1.165) is 0 Å². The number of carbonyl (C=O) groups is 2. The van der Waals surface area contributed by atoms with Crippen molar-refractivity contribution in [2.45, 2.75) is 25.3 Å². The third-order valence-corrected chi connectivity index (χ3v) is 4.19. The van der Waals surface area contributed by atoms with Gasteiger partial charge in [-0.1, -0.05) is 0 Å². The van der Waals surface area contributed by atoms with E-state index in [-0.39, 0.29) is 17.3 Å². The number of nitrogens with zero attached hydrogens (tertiary/aromatic N) is 1. The number of hydrogen-bond donors (Lipinski definition) is 2. The average Bonchev–Trinajstić information content (AvgIpc) is 2.87. The average molecular weight is 357 g/mol. The van der Waals surface area contributed by atoms with Gasteiger partial charge in [-0.2, -0.15) is 0 Å². The molecule has 2 N–H and O–H groups in total. The summed E-state index contributed by atoms with van der Waals surface area (Å²) in [5.74, 6) is -1.72. The molecule has 0 aromatic heterocycles. The first-order valence-electron chi connectivity index (χ1n) is 6.36. The number of nitro benzene ring substituents is 1. The molecular weight excluding hydrogens is 344 g/mol. The molecule has 112 valence electrons. The number of carboxylic acids is 1. The van der Waals surface area contributed by atoms with Crippen LogP contribution in [-0.2, 0) is 4.79 Å². The van der Waals surface area contributed by atoms with Crippen molar-refractivity contribution in [3.05, 3.63) is 38.3 Å². The van der Waals surface area contributed by atoms with E-state index in [2.05, 4.69) is 21.2 Å². The molecule has 8 heteroatoms. The third-order valence-electron chi connectivity index (χ3n) is 3.52. The number of aliphatic carboxylic acids is 1. The van der Waals surface area contributed by atoms with Gasteiger partial charge in [0.2, 0.25) is 0 Å². The Morgan fingerprint density at radius 1 is 1.38 bits per heavy atom. The van der Waals surface area contributed by atoms with Crippen LogP contribution >= 0.6 is 15.9 Å². The van der Waals surface area contributed by atoms with Crippen LogP contribution in [0.5, 0.6) is 0 Å². The van der Waals surface area contributed by atoms with Crippen molar-refractivity contribution in [2.24, 2.45) is 5.92 Å². The Balaban J connectivity index is 2.06. The van der Waals surface area contributed by atoms with Gasteiger partial charge in [-0.25, -0.2) is 0 Å². The van der Waals surface area contributed by atoms with E-state index in [1.807, 2.05) is 0 Å². The highest BCUT2D eigenvalue weighted by Gasteiger charge is 2.30. The molecule has 0 aliphatic heterocycles. The maximum absolute atomic E-state index is 12.1. The summed E-state index contributed by atoms with van der Waals surface area (Å²) in [4.78, 5) is 33.2. The highest BCUT2D eigenvalue weighted by Crippen LogP contribution is 2.27. The van der Waals surface area contributed by atoms with Crippen molar-refractivity contribution in [2.75, 3.05) is 0 Å². The second kappa shape index (κ2) is 6.21. The van der Waals surface area contributed by atoms with E-state index in [1.165, 1.54) is 18.2 Å². The molecule has 1 saturated carbocycles. The van der Waals surface area contributed by atoms with Gasteiger partial charge in [-0.3, -0.25) is 19.7 Å². The molecule has 2 atom stereocenters. The fraction of sp³-hybridized carbons (Fsp3) is 0.385. The van der Waals surface area contributed by atoms with Gasteiger partial charge in [0.25, 0.3) is 11.6 Å². The predicted molar refractivity (Wildman–Crippen MR) is 77.0 cm³/mol. The number of amides is 1. The van der Waals surface area contributed by atoms with Gasteiger partial charge < -0.3 is 10.4 Å². The minimum Gasteiger partial charge on any atom is -0.481 e. The molecule has 7 nitrogen and oxygen atoms in total. The number of halogens is 1. The van der Waals surface area contributed by atoms with Gasteiger partial charge in [0.1, 0.15) is 0 Å². The smallest absolute Gasteiger partial charge is 0.306 e. The molecule has 0 saturated heterocycles. The Kier molecular flexibility index (Phi) is 4.56. The highest BCUT2D eigenvalue weighted by molar-refractivity contribution is 9.10. The highest BCUT2D eigenvalue weighted by atomic mass is 79.9. The summed E-state index contributed by atoms with van der Waals surface area (Å²) in [6.07, 6.45) is 1.52. The van der Waals surface area contributed by atoms with Gasteiger partial charge >= 0.3 is 5.97 Å². The summed E-state index contributed by atoms with van der Waals surface area (Å²) in [6.45, 7) is 0. The number of rotatable bonds is 4. The third kappa shape index (κ3) is 3.57. The van der Waals surface area contributed by atoms with E-state index in [9.17, 15) is 19.7 Å². The fourth-order valence-electron chi connectivity index (χ4n) is 2.40. The van der Waals surface area contributed by atoms with E-state index < -0.39 is 22.7 Å². The van der Waals surface area contributed by atoms with E-state index in [4.69, 9.17) is 5.11 Å². The largest absolute Gasteiger partial charge is 0.481 e. The summed E-state index contributed by atoms with van der Waals surface area (Å²) in [7, 11) is 0. The van der Waals surface area contributed by atoms with Crippen molar-refractivity contribution in [1.82, 2.24) is 5.32 Å². The number of hydrogen-bond acceptors (Lipinski definition) is 4. The molecular formula is C13H13BrN2O5. The fourth-order valence-corrected chi connectivity index (χ4v) is 2.79. The zero-order chi connectivity index (χ0) is 15.6.